The van der Waals surface area contributed by atoms with Gasteiger partial charge in [-0.05, 0) is 0 Å². The maximum Gasteiger partial charge on any atom is 0.364 e. The Morgan fingerprint density at radius 3 is 1.50 bits per heavy atom. The molecule has 31 atom stereocenters. The van der Waals surface area contributed by atoms with Crippen molar-refractivity contribution in [3.05, 3.63) is 0 Å². The van der Waals surface area contributed by atoms with Crippen molar-refractivity contribution < 1.29 is 169 Å². The Labute approximate surface area is 428 Å². The largest absolute Gasteiger partial charge is 0.477 e. The number of aliphatic hydroxyl groups excluding tert-OH is 20. The van der Waals surface area contributed by atoms with Gasteiger partial charge in [-0.25, -0.2) is 4.79 Å². The summed E-state index contributed by atoms with van der Waals surface area (Å²) in [7, 11) is 0. The lowest BCUT2D eigenvalue weighted by Crippen LogP contribution is -2.72. The van der Waals surface area contributed by atoms with Gasteiger partial charge >= 0.3 is 5.97 Å². The van der Waals surface area contributed by atoms with Crippen LogP contribution >= 0.6 is 0 Å². The highest BCUT2D eigenvalue weighted by Crippen LogP contribution is 2.41. The van der Waals surface area contributed by atoms with E-state index in [0.717, 1.165) is 6.92 Å². The molecule has 35 heteroatoms. The summed E-state index contributed by atoms with van der Waals surface area (Å²) in [5.74, 6) is -6.54. The molecule has 0 spiro atoms. The summed E-state index contributed by atoms with van der Waals surface area (Å²) >= 11 is 0. The van der Waals surface area contributed by atoms with E-state index in [0.29, 0.717) is 0 Å². The third-order valence-corrected chi connectivity index (χ3v) is 13.8. The molecule has 0 unspecified atom stereocenters. The van der Waals surface area contributed by atoms with Crippen molar-refractivity contribution in [2.75, 3.05) is 39.6 Å². The fraction of sp³-hybridized carbons (Fsp3) is 0.951. The van der Waals surface area contributed by atoms with Crippen LogP contribution < -0.4 is 5.32 Å². The van der Waals surface area contributed by atoms with E-state index in [-0.39, 0.29) is 0 Å². The van der Waals surface area contributed by atoms with Gasteiger partial charge in [-0.3, -0.25) is 4.79 Å². The number of ether oxygens (including phenoxy) is 11. The fourth-order valence-electron chi connectivity index (χ4n) is 9.62. The maximum atomic E-state index is 13.5. The number of nitrogens with one attached hydrogen (secondary N) is 1. The van der Waals surface area contributed by atoms with Crippen LogP contribution in [0.15, 0.2) is 0 Å². The quantitative estimate of drug-likeness (QED) is 0.0507. The van der Waals surface area contributed by atoms with Gasteiger partial charge in [0.2, 0.25) is 5.91 Å². The van der Waals surface area contributed by atoms with E-state index in [1.807, 2.05) is 0 Å². The van der Waals surface area contributed by atoms with Gasteiger partial charge in [0.05, 0.1) is 51.8 Å². The zero-order valence-electron chi connectivity index (χ0n) is 40.0. The van der Waals surface area contributed by atoms with Crippen LogP contribution in [0, 0.1) is 0 Å². The molecule has 0 aromatic rings. The minimum absolute atomic E-state index is 0.916. The molecule has 6 rings (SSSR count). The van der Waals surface area contributed by atoms with Crippen LogP contribution in [0.2, 0.25) is 0 Å². The first-order valence-electron chi connectivity index (χ1n) is 23.8. The zero-order chi connectivity index (χ0) is 56.4. The van der Waals surface area contributed by atoms with E-state index in [1.54, 1.807) is 0 Å². The highest BCUT2D eigenvalue weighted by atomic mass is 16.8. The highest BCUT2D eigenvalue weighted by molar-refractivity contribution is 5.76. The maximum absolute atomic E-state index is 13.5. The Hall–Kier alpha value is -2.30. The molecule has 76 heavy (non-hydrogen) atoms. The van der Waals surface area contributed by atoms with E-state index >= 15 is 0 Å². The van der Waals surface area contributed by atoms with Crippen LogP contribution in [0.1, 0.15) is 13.3 Å². The molecule has 0 radical (unpaired) electrons. The second-order valence-corrected chi connectivity index (χ2v) is 18.9. The molecule has 0 aromatic carbocycles. The zero-order valence-corrected chi connectivity index (χ0v) is 40.0. The fourth-order valence-corrected chi connectivity index (χ4v) is 9.62. The smallest absolute Gasteiger partial charge is 0.364 e. The van der Waals surface area contributed by atoms with Crippen LogP contribution in [0.5, 0.6) is 0 Å². The van der Waals surface area contributed by atoms with Gasteiger partial charge < -0.3 is 165 Å². The molecule has 442 valence electrons. The molecule has 6 aliphatic rings. The predicted molar refractivity (Wildman–Crippen MR) is 228 cm³/mol. The summed E-state index contributed by atoms with van der Waals surface area (Å²) in [6.07, 6.45) is -61.0. The Balaban J connectivity index is 1.28. The van der Waals surface area contributed by atoms with Crippen LogP contribution in [0.3, 0.4) is 0 Å². The first kappa shape index (κ1) is 62.9. The lowest BCUT2D eigenvalue weighted by Gasteiger charge is -2.52. The second kappa shape index (κ2) is 26.5. The molecular formula is C41H69NO34. The third kappa shape index (κ3) is 12.9. The van der Waals surface area contributed by atoms with Gasteiger partial charge in [-0.2, -0.15) is 0 Å². The van der Waals surface area contributed by atoms with Crippen LogP contribution in [0.25, 0.3) is 0 Å². The summed E-state index contributed by atoms with van der Waals surface area (Å²) in [6.45, 7) is -5.56. The molecule has 1 amide bonds. The number of aliphatic hydroxyl groups is 20. The van der Waals surface area contributed by atoms with Crippen molar-refractivity contribution in [3.63, 3.8) is 0 Å². The van der Waals surface area contributed by atoms with Gasteiger partial charge in [0.1, 0.15) is 140 Å². The molecule has 0 bridgehead atoms. The van der Waals surface area contributed by atoms with Gasteiger partial charge in [0.15, 0.2) is 31.5 Å². The normalized spacial score (nSPS) is 48.5. The van der Waals surface area contributed by atoms with Gasteiger partial charge in [-0.15, -0.1) is 0 Å². The first-order valence-corrected chi connectivity index (χ1v) is 23.8. The topological polar surface area (TPSA) is 573 Å². The van der Waals surface area contributed by atoms with E-state index in [1.165, 1.54) is 0 Å². The number of aliphatic carboxylic acids is 1. The minimum atomic E-state index is -3.39. The molecule has 6 heterocycles. The third-order valence-electron chi connectivity index (χ3n) is 13.8. The van der Waals surface area contributed by atoms with Crippen LogP contribution in [0.4, 0.5) is 0 Å². The Kier molecular flexibility index (Phi) is 22.0. The predicted octanol–water partition coefficient (Wildman–Crippen LogP) is -14.8. The average molecular weight is 1120 g/mol. The lowest BCUT2D eigenvalue weighted by molar-refractivity contribution is -0.395. The monoisotopic (exact) mass is 1120 g/mol. The van der Waals surface area contributed by atoms with Crippen LogP contribution in [-0.4, -0.2) is 349 Å². The van der Waals surface area contributed by atoms with Crippen molar-refractivity contribution in [3.8, 4) is 0 Å². The number of rotatable bonds is 21. The van der Waals surface area contributed by atoms with Crippen molar-refractivity contribution >= 4 is 11.9 Å². The molecular weight excluding hydrogens is 1050 g/mol. The number of hydrogen-bond acceptors (Lipinski definition) is 33. The van der Waals surface area contributed by atoms with Crippen molar-refractivity contribution in [2.45, 2.75) is 203 Å². The van der Waals surface area contributed by atoms with E-state index in [9.17, 15) is 117 Å². The molecule has 0 aliphatic carbocycles. The highest BCUT2D eigenvalue weighted by Gasteiger charge is 2.62. The summed E-state index contributed by atoms with van der Waals surface area (Å²) in [5, 5.41) is 225. The SMILES string of the molecule is CC(=O)N[C@H]1[C@H]([C@H](O)[C@H](O)CO)O[C@@](O[C@H]2[C@@H](O)[C@@H](CO)O[C@@H](O[C@H]3[C@H](O)[C@@H](O)[C@H](O)O[C@@H]3CO)[C@@H]2O)(C(=O)O)C[C@@H]1O[C@H]1O[C@H](CO)[C@H](O[C@H]2O[C@H](CO)[C@H](O)[C@H](O[C@@H]3O[C@@H]([C@H](O)CO)[C@H](O)[C@H]3O)[C@H]2O)[C@H](O)[C@H]1O. The van der Waals surface area contributed by atoms with Crippen molar-refractivity contribution in [2.24, 2.45) is 0 Å². The van der Waals surface area contributed by atoms with Crippen LogP contribution in [-0.2, 0) is 61.7 Å². The second-order valence-electron chi connectivity index (χ2n) is 18.9. The minimum Gasteiger partial charge on any atom is -0.477 e. The van der Waals surface area contributed by atoms with Gasteiger partial charge in [-0.1, -0.05) is 0 Å². The van der Waals surface area contributed by atoms with Gasteiger partial charge in [0, 0.05) is 13.3 Å². The number of carboxylic acids is 1. The summed E-state index contributed by atoms with van der Waals surface area (Å²) in [4.78, 5) is 26.3. The number of hydrogen-bond donors (Lipinski definition) is 22. The van der Waals surface area contributed by atoms with Crippen molar-refractivity contribution in [1.29, 1.82) is 0 Å². The summed E-state index contributed by atoms with van der Waals surface area (Å²) in [6, 6.07) is -1.90. The standard InChI is InChI=1S/C41H69NO34/c1-9(49)42-17-12(67-36-26(60)23(57)31(16(8-48)70-36)73-38-27(61)33(19(53)13(5-45)68-38)74-37-25(59)22(56)29(71-37)11(51)4-44)2-41(40(64)65,75-32(17)18(52)10(50)3-43)76-34-20(54)14(6-46)69-39(28(34)62)72-30-15(7-47)66-35(63)24(58)21(30)55/h10-39,43-48,50-63H,2-8H2,1H3,(H,42,49)(H,64,65)/t10-,11-,12+,13-,14-,15-,16-,17-,18-,19+,20+,21-,22-,23-,24-,25-,26-,27-,28-,29+,30-,31+,32-,33+,34+,35-,36+,37+,38-,39+,41+/m1/s1. The number of carboxylic acid groups (broad SMARTS) is 1. The first-order chi connectivity index (χ1) is 35.8. The van der Waals surface area contributed by atoms with Crippen molar-refractivity contribution in [1.82, 2.24) is 5.32 Å². The Morgan fingerprint density at radius 2 is 0.987 bits per heavy atom. The average Bonchev–Trinajstić information content (AvgIpc) is 3.68. The number of amides is 1. The Morgan fingerprint density at radius 1 is 0.526 bits per heavy atom. The molecule has 6 saturated heterocycles. The van der Waals surface area contributed by atoms with E-state index in [4.69, 9.17) is 52.1 Å². The summed E-state index contributed by atoms with van der Waals surface area (Å²) < 4.78 is 61.6. The molecule has 0 saturated carbocycles. The van der Waals surface area contributed by atoms with E-state index < -0.39 is 248 Å². The Bertz CT molecular complexity index is 1850. The number of carbonyl (C=O) groups is 2. The summed E-state index contributed by atoms with van der Waals surface area (Å²) in [5.41, 5.74) is 0. The molecule has 6 aliphatic heterocycles. The lowest BCUT2D eigenvalue weighted by atomic mass is 9.87. The van der Waals surface area contributed by atoms with Gasteiger partial charge in [0.25, 0.3) is 5.79 Å². The van der Waals surface area contributed by atoms with E-state index in [2.05, 4.69) is 5.32 Å². The molecule has 6 fully saturated rings. The molecule has 0 aromatic heterocycles. The molecule has 35 nitrogen and oxygen atoms in total. The molecule has 22 N–H and O–H groups in total. The number of carbonyl (C=O) groups excluding carboxylic acids is 1.